The maximum Gasteiger partial charge on any atom is 0.265 e. The Balaban J connectivity index is 1.65. The first kappa shape index (κ1) is 21.1. The molecule has 12 heteroatoms. The van der Waals surface area contributed by atoms with Gasteiger partial charge in [0.25, 0.3) is 15.9 Å². The number of nitrogens with one attached hydrogen (secondary N) is 1. The number of aryl methyl sites for hydroxylation is 1. The van der Waals surface area contributed by atoms with Gasteiger partial charge in [-0.25, -0.2) is 12.8 Å². The highest BCUT2D eigenvalue weighted by molar-refractivity contribution is 7.92. The van der Waals surface area contributed by atoms with Crippen molar-refractivity contribution < 1.29 is 26.9 Å². The number of carbonyl (C=O) groups excluding carboxylic acids is 1. The molecule has 0 aliphatic carbocycles. The van der Waals surface area contributed by atoms with Crippen molar-refractivity contribution >= 4 is 38.9 Å². The normalized spacial score (nSPS) is 13.6. The molecule has 0 atom stereocenters. The number of sulfonamides is 1. The molecule has 0 saturated heterocycles. The molecule has 0 spiro atoms. The molecule has 1 aliphatic rings. The quantitative estimate of drug-likeness (QED) is 0.593. The Kier molecular flexibility index (Phi) is 5.54. The first-order valence-electron chi connectivity index (χ1n) is 9.13. The molecule has 162 valence electrons. The number of fused-ring (bicyclic) bond motifs is 1. The van der Waals surface area contributed by atoms with Crippen LogP contribution in [0.15, 0.2) is 45.8 Å². The van der Waals surface area contributed by atoms with Crippen molar-refractivity contribution in [3.8, 4) is 5.75 Å². The van der Waals surface area contributed by atoms with Crippen LogP contribution >= 0.6 is 11.6 Å². The average molecular weight is 467 g/mol. The van der Waals surface area contributed by atoms with Crippen LogP contribution in [0.4, 0.5) is 15.8 Å². The topological polar surface area (TPSA) is 115 Å². The van der Waals surface area contributed by atoms with Crippen LogP contribution in [0, 0.1) is 5.82 Å². The number of hydrogen-bond donors (Lipinski definition) is 1. The van der Waals surface area contributed by atoms with Crippen LogP contribution in [0.5, 0.6) is 5.75 Å². The first-order chi connectivity index (χ1) is 14.8. The van der Waals surface area contributed by atoms with E-state index in [0.29, 0.717) is 18.1 Å². The Morgan fingerprint density at radius 2 is 2.06 bits per heavy atom. The zero-order chi connectivity index (χ0) is 22.2. The lowest BCUT2D eigenvalue weighted by Gasteiger charge is -2.28. The van der Waals surface area contributed by atoms with E-state index in [-0.39, 0.29) is 46.2 Å². The highest BCUT2D eigenvalue weighted by atomic mass is 35.5. The van der Waals surface area contributed by atoms with Gasteiger partial charge >= 0.3 is 0 Å². The number of anilines is 2. The largest absolute Gasteiger partial charge is 0.482 e. The maximum absolute atomic E-state index is 13.3. The van der Waals surface area contributed by atoms with E-state index < -0.39 is 15.8 Å². The van der Waals surface area contributed by atoms with E-state index in [9.17, 15) is 17.6 Å². The van der Waals surface area contributed by atoms with E-state index >= 15 is 0 Å². The predicted molar refractivity (Wildman–Crippen MR) is 109 cm³/mol. The second-order valence-electron chi connectivity index (χ2n) is 6.59. The summed E-state index contributed by atoms with van der Waals surface area (Å²) >= 11 is 5.72. The number of hydrogen-bond acceptors (Lipinski definition) is 7. The Morgan fingerprint density at radius 3 is 2.77 bits per heavy atom. The van der Waals surface area contributed by atoms with Gasteiger partial charge in [0.05, 0.1) is 27.8 Å². The summed E-state index contributed by atoms with van der Waals surface area (Å²) in [5.41, 5.74) is 0.339. The summed E-state index contributed by atoms with van der Waals surface area (Å²) in [5.74, 6) is -0.0111. The number of carbonyl (C=O) groups is 1. The lowest BCUT2D eigenvalue weighted by atomic mass is 10.2. The Hall–Kier alpha value is -3.18. The lowest BCUT2D eigenvalue weighted by molar-refractivity contribution is -0.121. The van der Waals surface area contributed by atoms with Crippen LogP contribution in [0.3, 0.4) is 0 Å². The van der Waals surface area contributed by atoms with Gasteiger partial charge in [0, 0.05) is 6.42 Å². The third kappa shape index (κ3) is 4.32. The van der Waals surface area contributed by atoms with Crippen LogP contribution in [0.2, 0.25) is 5.02 Å². The number of amides is 1. The number of ether oxygens (including phenoxy) is 1. The predicted octanol–water partition coefficient (Wildman–Crippen LogP) is 3.15. The molecule has 0 fully saturated rings. The average Bonchev–Trinajstić information content (AvgIpc) is 3.20. The molecule has 1 aliphatic heterocycles. The third-order valence-electron chi connectivity index (χ3n) is 4.47. The molecule has 1 amide bonds. The van der Waals surface area contributed by atoms with E-state index in [2.05, 4.69) is 14.9 Å². The standard InChI is InChI=1S/C19H16ClFN4O5S/c1-2-18-22-17(23-30-18)9-25-15-8-12(4-6-16(15)29-10-19(25)26)31(27,28)24-11-3-5-14(21)13(20)7-11/h3-8,24H,2,9-10H2,1H3. The van der Waals surface area contributed by atoms with Crippen molar-refractivity contribution in [2.45, 2.75) is 24.8 Å². The number of benzene rings is 2. The molecule has 3 aromatic rings. The van der Waals surface area contributed by atoms with E-state index in [1.807, 2.05) is 6.92 Å². The molecular weight excluding hydrogens is 451 g/mol. The summed E-state index contributed by atoms with van der Waals surface area (Å²) in [5, 5.41) is 3.62. The van der Waals surface area contributed by atoms with Crippen LogP contribution in [-0.2, 0) is 27.8 Å². The smallest absolute Gasteiger partial charge is 0.265 e. The zero-order valence-electron chi connectivity index (χ0n) is 16.1. The highest BCUT2D eigenvalue weighted by Crippen LogP contribution is 2.35. The van der Waals surface area contributed by atoms with Crippen molar-refractivity contribution in [1.29, 1.82) is 0 Å². The fourth-order valence-corrected chi connectivity index (χ4v) is 4.19. The van der Waals surface area contributed by atoms with Gasteiger partial charge in [-0.2, -0.15) is 4.98 Å². The Labute approximate surface area is 181 Å². The van der Waals surface area contributed by atoms with Crippen LogP contribution in [0.1, 0.15) is 18.6 Å². The molecule has 9 nitrogen and oxygen atoms in total. The van der Waals surface area contributed by atoms with Gasteiger partial charge in [-0.05, 0) is 36.4 Å². The zero-order valence-corrected chi connectivity index (χ0v) is 17.7. The van der Waals surface area contributed by atoms with E-state index in [4.69, 9.17) is 20.9 Å². The SMILES string of the molecule is CCc1nc(CN2C(=O)COc3ccc(S(=O)(=O)Nc4ccc(F)c(Cl)c4)cc32)no1. The summed E-state index contributed by atoms with van der Waals surface area (Å²) in [6.07, 6.45) is 0.544. The summed E-state index contributed by atoms with van der Waals surface area (Å²) in [4.78, 5) is 17.8. The Bertz CT molecular complexity index is 1260. The molecule has 0 bridgehead atoms. The van der Waals surface area contributed by atoms with Crippen molar-refractivity contribution in [3.63, 3.8) is 0 Å². The van der Waals surface area contributed by atoms with E-state index in [0.717, 1.165) is 12.1 Å². The molecule has 31 heavy (non-hydrogen) atoms. The third-order valence-corrected chi connectivity index (χ3v) is 6.14. The van der Waals surface area contributed by atoms with Crippen molar-refractivity contribution in [2.75, 3.05) is 16.2 Å². The minimum absolute atomic E-state index is 0.0107. The highest BCUT2D eigenvalue weighted by Gasteiger charge is 2.29. The molecule has 0 saturated carbocycles. The molecule has 2 aromatic carbocycles. The number of aromatic nitrogens is 2. The second-order valence-corrected chi connectivity index (χ2v) is 8.68. The lowest BCUT2D eigenvalue weighted by Crippen LogP contribution is -2.38. The van der Waals surface area contributed by atoms with E-state index in [1.165, 1.54) is 29.2 Å². The van der Waals surface area contributed by atoms with Gasteiger partial charge in [-0.1, -0.05) is 23.7 Å². The van der Waals surface area contributed by atoms with E-state index in [1.54, 1.807) is 0 Å². The minimum Gasteiger partial charge on any atom is -0.482 e. The van der Waals surface area contributed by atoms with Gasteiger partial charge in [0.15, 0.2) is 12.4 Å². The van der Waals surface area contributed by atoms with Gasteiger partial charge in [-0.3, -0.25) is 14.4 Å². The van der Waals surface area contributed by atoms with Crippen molar-refractivity contribution in [3.05, 3.63) is 59.0 Å². The van der Waals surface area contributed by atoms with Crippen molar-refractivity contribution in [1.82, 2.24) is 10.1 Å². The summed E-state index contributed by atoms with van der Waals surface area (Å²) < 4.78 is 51.8. The van der Waals surface area contributed by atoms with Gasteiger partial charge in [0.1, 0.15) is 11.6 Å². The Morgan fingerprint density at radius 1 is 1.26 bits per heavy atom. The summed E-state index contributed by atoms with van der Waals surface area (Å²) in [6.45, 7) is 1.64. The second kappa shape index (κ2) is 8.16. The fraction of sp³-hybridized carbons (Fsp3) is 0.211. The fourth-order valence-electron chi connectivity index (χ4n) is 2.94. The number of halogens is 2. The van der Waals surface area contributed by atoms with Gasteiger partial charge in [0.2, 0.25) is 5.89 Å². The minimum atomic E-state index is -4.06. The van der Waals surface area contributed by atoms with Crippen molar-refractivity contribution in [2.24, 2.45) is 0 Å². The van der Waals surface area contributed by atoms with Crippen LogP contribution < -0.4 is 14.4 Å². The van der Waals surface area contributed by atoms with Crippen LogP contribution in [-0.4, -0.2) is 31.1 Å². The molecule has 1 aromatic heterocycles. The molecule has 2 heterocycles. The molecule has 0 radical (unpaired) electrons. The number of nitrogens with zero attached hydrogens (tertiary/aromatic N) is 3. The first-order valence-corrected chi connectivity index (χ1v) is 11.0. The monoisotopic (exact) mass is 466 g/mol. The molecule has 4 rings (SSSR count). The summed E-state index contributed by atoms with van der Waals surface area (Å²) in [7, 11) is -4.06. The molecular formula is C19H16ClFN4O5S. The molecule has 0 unspecified atom stereocenters. The van der Waals surface area contributed by atoms with Gasteiger partial charge in [-0.15, -0.1) is 0 Å². The van der Waals surface area contributed by atoms with Gasteiger partial charge < -0.3 is 9.26 Å². The maximum atomic E-state index is 13.3. The van der Waals surface area contributed by atoms with Crippen LogP contribution in [0.25, 0.3) is 0 Å². The summed E-state index contributed by atoms with van der Waals surface area (Å²) in [6, 6.07) is 7.56. The number of rotatable bonds is 6. The molecule has 1 N–H and O–H groups in total.